The lowest BCUT2D eigenvalue weighted by atomic mass is 10.2. The van der Waals surface area contributed by atoms with Crippen LogP contribution in [0.4, 0.5) is 4.39 Å². The molecule has 0 aliphatic rings. The van der Waals surface area contributed by atoms with Crippen molar-refractivity contribution in [2.45, 2.75) is 19.5 Å². The summed E-state index contributed by atoms with van der Waals surface area (Å²) in [7, 11) is 2.01. The number of nitrogens with zero attached hydrogens (tertiary/aromatic N) is 1. The highest BCUT2D eigenvalue weighted by Gasteiger charge is 2.09. The van der Waals surface area contributed by atoms with Gasteiger partial charge < -0.3 is 5.73 Å². The molecule has 1 atom stereocenters. The second-order valence-electron chi connectivity index (χ2n) is 3.74. The van der Waals surface area contributed by atoms with Gasteiger partial charge in [-0.1, -0.05) is 22.0 Å². The lowest BCUT2D eigenvalue weighted by Gasteiger charge is -2.23. The first-order valence-electron chi connectivity index (χ1n) is 4.89. The highest BCUT2D eigenvalue weighted by atomic mass is 79.9. The van der Waals surface area contributed by atoms with Gasteiger partial charge in [0.25, 0.3) is 0 Å². The number of nitrogens with two attached hydrogens (primary N) is 1. The molecule has 0 saturated carbocycles. The SMILES string of the molecule is CC(CN)N(C)Cc1ccc(F)cc1Br. The zero-order valence-corrected chi connectivity index (χ0v) is 10.6. The van der Waals surface area contributed by atoms with E-state index in [1.54, 1.807) is 6.07 Å². The molecule has 0 heterocycles. The van der Waals surface area contributed by atoms with Crippen LogP contribution in [0.3, 0.4) is 0 Å². The third kappa shape index (κ3) is 3.55. The first-order valence-corrected chi connectivity index (χ1v) is 5.68. The third-order valence-electron chi connectivity index (χ3n) is 2.53. The summed E-state index contributed by atoms with van der Waals surface area (Å²) in [4.78, 5) is 2.14. The van der Waals surface area contributed by atoms with E-state index in [-0.39, 0.29) is 5.82 Å². The number of hydrogen-bond acceptors (Lipinski definition) is 2. The maximum atomic E-state index is 12.8. The number of rotatable bonds is 4. The Bertz CT molecular complexity index is 330. The van der Waals surface area contributed by atoms with Crippen molar-refractivity contribution < 1.29 is 4.39 Å². The summed E-state index contributed by atoms with van der Waals surface area (Å²) >= 11 is 3.35. The van der Waals surface area contributed by atoms with Gasteiger partial charge in [-0.05, 0) is 31.7 Å². The van der Waals surface area contributed by atoms with E-state index in [0.29, 0.717) is 12.6 Å². The molecule has 4 heteroatoms. The van der Waals surface area contributed by atoms with Crippen LogP contribution < -0.4 is 5.73 Å². The van der Waals surface area contributed by atoms with Crippen molar-refractivity contribution in [1.82, 2.24) is 4.90 Å². The van der Waals surface area contributed by atoms with Crippen LogP contribution in [0, 0.1) is 5.82 Å². The molecule has 1 aromatic carbocycles. The van der Waals surface area contributed by atoms with E-state index in [4.69, 9.17) is 5.73 Å². The predicted molar refractivity (Wildman–Crippen MR) is 64.1 cm³/mol. The van der Waals surface area contributed by atoms with Gasteiger partial charge in [-0.3, -0.25) is 4.90 Å². The zero-order chi connectivity index (χ0) is 11.4. The minimum atomic E-state index is -0.222. The maximum Gasteiger partial charge on any atom is 0.124 e. The summed E-state index contributed by atoms with van der Waals surface area (Å²) in [6.07, 6.45) is 0. The van der Waals surface area contributed by atoms with Gasteiger partial charge in [0.05, 0.1) is 0 Å². The van der Waals surface area contributed by atoms with Crippen molar-refractivity contribution in [3.05, 3.63) is 34.1 Å². The van der Waals surface area contributed by atoms with Gasteiger partial charge in [-0.25, -0.2) is 4.39 Å². The molecule has 0 radical (unpaired) electrons. The van der Waals surface area contributed by atoms with Crippen molar-refractivity contribution in [3.63, 3.8) is 0 Å². The molecule has 0 aromatic heterocycles. The molecule has 0 amide bonds. The quantitative estimate of drug-likeness (QED) is 0.914. The molecule has 1 unspecified atom stereocenters. The number of benzene rings is 1. The van der Waals surface area contributed by atoms with Gasteiger partial charge in [-0.15, -0.1) is 0 Å². The van der Waals surface area contributed by atoms with Crippen molar-refractivity contribution >= 4 is 15.9 Å². The summed E-state index contributed by atoms with van der Waals surface area (Å²) in [5.74, 6) is -0.222. The summed E-state index contributed by atoms with van der Waals surface area (Å²) in [5, 5.41) is 0. The van der Waals surface area contributed by atoms with E-state index < -0.39 is 0 Å². The molecule has 1 rings (SSSR count). The van der Waals surface area contributed by atoms with E-state index in [1.165, 1.54) is 12.1 Å². The minimum Gasteiger partial charge on any atom is -0.329 e. The Balaban J connectivity index is 2.72. The van der Waals surface area contributed by atoms with Crippen LogP contribution in [0.15, 0.2) is 22.7 Å². The summed E-state index contributed by atoms with van der Waals surface area (Å²) in [6, 6.07) is 5.07. The Morgan fingerprint density at radius 3 is 2.73 bits per heavy atom. The Morgan fingerprint density at radius 1 is 1.53 bits per heavy atom. The lowest BCUT2D eigenvalue weighted by Crippen LogP contribution is -2.34. The van der Waals surface area contributed by atoms with Gasteiger partial charge in [0.15, 0.2) is 0 Å². The molecule has 2 N–H and O–H groups in total. The second kappa shape index (κ2) is 5.58. The summed E-state index contributed by atoms with van der Waals surface area (Å²) < 4.78 is 13.7. The van der Waals surface area contributed by atoms with Gasteiger partial charge in [-0.2, -0.15) is 0 Å². The fraction of sp³-hybridized carbons (Fsp3) is 0.455. The van der Waals surface area contributed by atoms with Crippen molar-refractivity contribution in [3.8, 4) is 0 Å². The van der Waals surface area contributed by atoms with E-state index in [2.05, 4.69) is 27.8 Å². The van der Waals surface area contributed by atoms with Crippen LogP contribution >= 0.6 is 15.9 Å². The van der Waals surface area contributed by atoms with E-state index in [9.17, 15) is 4.39 Å². The van der Waals surface area contributed by atoms with Crippen LogP contribution in [0.5, 0.6) is 0 Å². The second-order valence-corrected chi connectivity index (χ2v) is 4.59. The third-order valence-corrected chi connectivity index (χ3v) is 3.27. The summed E-state index contributed by atoms with van der Waals surface area (Å²) in [5.41, 5.74) is 6.64. The lowest BCUT2D eigenvalue weighted by molar-refractivity contribution is 0.254. The van der Waals surface area contributed by atoms with Gasteiger partial charge in [0.1, 0.15) is 5.82 Å². The molecule has 0 saturated heterocycles. The minimum absolute atomic E-state index is 0.222. The monoisotopic (exact) mass is 274 g/mol. The van der Waals surface area contributed by atoms with E-state index in [1.807, 2.05) is 7.05 Å². The number of hydrogen-bond donors (Lipinski definition) is 1. The molecular formula is C11H16BrFN2. The molecule has 0 spiro atoms. The van der Waals surface area contributed by atoms with Crippen LogP contribution in [-0.4, -0.2) is 24.5 Å². The first-order chi connectivity index (χ1) is 7.04. The number of halogens is 2. The van der Waals surface area contributed by atoms with Crippen LogP contribution in [0.1, 0.15) is 12.5 Å². The smallest absolute Gasteiger partial charge is 0.124 e. The molecule has 0 fully saturated rings. The molecule has 1 aromatic rings. The van der Waals surface area contributed by atoms with Crippen molar-refractivity contribution in [2.24, 2.45) is 5.73 Å². The Labute approximate surface area is 98.4 Å². The fourth-order valence-electron chi connectivity index (χ4n) is 1.25. The average molecular weight is 275 g/mol. The van der Waals surface area contributed by atoms with Crippen LogP contribution in [0.2, 0.25) is 0 Å². The van der Waals surface area contributed by atoms with Gasteiger partial charge in [0, 0.05) is 23.6 Å². The topological polar surface area (TPSA) is 29.3 Å². The predicted octanol–water partition coefficient (Wildman–Crippen LogP) is 2.37. The van der Waals surface area contributed by atoms with E-state index >= 15 is 0 Å². The molecular weight excluding hydrogens is 259 g/mol. The Kier molecular flexibility index (Phi) is 4.70. The molecule has 2 nitrogen and oxygen atoms in total. The maximum absolute atomic E-state index is 12.8. The van der Waals surface area contributed by atoms with Gasteiger partial charge >= 0.3 is 0 Å². The molecule has 0 aliphatic carbocycles. The molecule has 15 heavy (non-hydrogen) atoms. The van der Waals surface area contributed by atoms with Crippen molar-refractivity contribution in [2.75, 3.05) is 13.6 Å². The first kappa shape index (κ1) is 12.6. The Morgan fingerprint density at radius 2 is 2.20 bits per heavy atom. The largest absolute Gasteiger partial charge is 0.329 e. The van der Waals surface area contributed by atoms with Crippen LogP contribution in [-0.2, 0) is 6.54 Å². The van der Waals surface area contributed by atoms with Crippen LogP contribution in [0.25, 0.3) is 0 Å². The zero-order valence-electron chi connectivity index (χ0n) is 9.00. The average Bonchev–Trinajstić information content (AvgIpc) is 2.20. The molecule has 84 valence electrons. The highest BCUT2D eigenvalue weighted by molar-refractivity contribution is 9.10. The summed E-state index contributed by atoms with van der Waals surface area (Å²) in [6.45, 7) is 3.45. The number of likely N-dealkylation sites (N-methyl/N-ethyl adjacent to an activating group) is 1. The van der Waals surface area contributed by atoms with Gasteiger partial charge in [0.2, 0.25) is 0 Å². The standard InChI is InChI=1S/C11H16BrFN2/c1-8(6-14)15(2)7-9-3-4-10(13)5-11(9)12/h3-5,8H,6-7,14H2,1-2H3. The highest BCUT2D eigenvalue weighted by Crippen LogP contribution is 2.19. The van der Waals surface area contributed by atoms with E-state index in [0.717, 1.165) is 16.6 Å². The fourth-order valence-corrected chi connectivity index (χ4v) is 1.73. The normalized spacial score (nSPS) is 13.2. The molecule has 0 bridgehead atoms. The molecule has 0 aliphatic heterocycles. The van der Waals surface area contributed by atoms with Crippen molar-refractivity contribution in [1.29, 1.82) is 0 Å². The Hall–Kier alpha value is -0.450.